The van der Waals surface area contributed by atoms with Crippen molar-refractivity contribution < 1.29 is 23.7 Å². The van der Waals surface area contributed by atoms with E-state index in [0.29, 0.717) is 35.6 Å². The van der Waals surface area contributed by atoms with Crippen LogP contribution in [-0.4, -0.2) is 38.3 Å². The fraction of sp³-hybridized carbons (Fsp3) is 0.182. The van der Waals surface area contributed by atoms with E-state index in [1.54, 1.807) is 32.4 Å². The summed E-state index contributed by atoms with van der Waals surface area (Å²) in [5, 5.41) is 5.19. The quantitative estimate of drug-likeness (QED) is 0.596. The highest BCUT2D eigenvalue weighted by Crippen LogP contribution is 2.35. The van der Waals surface area contributed by atoms with E-state index in [1.165, 1.54) is 17.4 Å². The predicted octanol–water partition coefficient (Wildman–Crippen LogP) is 4.25. The molecule has 1 amide bonds. The van der Waals surface area contributed by atoms with E-state index >= 15 is 0 Å². The van der Waals surface area contributed by atoms with Crippen molar-refractivity contribution in [2.45, 2.75) is 0 Å². The molecular weight excluding hydrogens is 404 g/mol. The zero-order valence-corrected chi connectivity index (χ0v) is 17.3. The zero-order valence-electron chi connectivity index (χ0n) is 16.5. The molecule has 1 aliphatic rings. The second kappa shape index (κ2) is 8.87. The molecule has 0 fully saturated rings. The first-order valence-electron chi connectivity index (χ1n) is 9.23. The first-order valence-corrected chi connectivity index (χ1v) is 10.1. The van der Waals surface area contributed by atoms with Crippen LogP contribution in [0, 0.1) is 0 Å². The topological polar surface area (TPSA) is 78.9 Å². The van der Waals surface area contributed by atoms with E-state index < -0.39 is 0 Å². The summed E-state index contributed by atoms with van der Waals surface area (Å²) >= 11 is 1.36. The van der Waals surface area contributed by atoms with Crippen molar-refractivity contribution >= 4 is 28.5 Å². The molecule has 0 unspecified atom stereocenters. The molecule has 0 aliphatic carbocycles. The summed E-state index contributed by atoms with van der Waals surface area (Å²) in [7, 11) is 3.15. The Hall–Kier alpha value is -3.52. The summed E-state index contributed by atoms with van der Waals surface area (Å²) in [5.74, 6) is 2.40. The van der Waals surface area contributed by atoms with Gasteiger partial charge >= 0.3 is 0 Å². The van der Waals surface area contributed by atoms with Crippen LogP contribution in [0.1, 0.15) is 5.56 Å². The first kappa shape index (κ1) is 19.8. The largest absolute Gasteiger partial charge is 0.493 e. The van der Waals surface area contributed by atoms with Crippen LogP contribution in [0.2, 0.25) is 0 Å². The second-order valence-corrected chi connectivity index (χ2v) is 7.19. The van der Waals surface area contributed by atoms with E-state index in [4.69, 9.17) is 18.9 Å². The molecule has 1 aliphatic heterocycles. The normalized spacial score (nSPS) is 12.6. The Morgan fingerprint density at radius 2 is 1.87 bits per heavy atom. The fourth-order valence-electron chi connectivity index (χ4n) is 2.94. The number of thiazole rings is 1. The molecule has 2 aromatic carbocycles. The number of fused-ring (bicyclic) bond motifs is 1. The van der Waals surface area contributed by atoms with Crippen molar-refractivity contribution in [1.82, 2.24) is 4.98 Å². The molecule has 4 rings (SSSR count). The number of aromatic nitrogens is 1. The van der Waals surface area contributed by atoms with Crippen molar-refractivity contribution in [3.63, 3.8) is 0 Å². The van der Waals surface area contributed by atoms with Gasteiger partial charge in [0.1, 0.15) is 13.2 Å². The van der Waals surface area contributed by atoms with Crippen LogP contribution in [0.15, 0.2) is 47.9 Å². The van der Waals surface area contributed by atoms with E-state index in [9.17, 15) is 4.79 Å². The van der Waals surface area contributed by atoms with Crippen molar-refractivity contribution in [2.24, 2.45) is 0 Å². The van der Waals surface area contributed by atoms with E-state index in [0.717, 1.165) is 22.6 Å². The van der Waals surface area contributed by atoms with Crippen LogP contribution in [0.5, 0.6) is 23.0 Å². The number of rotatable bonds is 6. The number of methoxy groups -OCH3 is 2. The van der Waals surface area contributed by atoms with Crippen LogP contribution >= 0.6 is 11.3 Å². The molecule has 0 saturated heterocycles. The maximum Gasteiger partial charge on any atom is 0.250 e. The maximum atomic E-state index is 12.3. The van der Waals surface area contributed by atoms with Gasteiger partial charge in [-0.25, -0.2) is 4.98 Å². The summed E-state index contributed by atoms with van der Waals surface area (Å²) in [4.78, 5) is 16.8. The highest BCUT2D eigenvalue weighted by atomic mass is 32.1. The molecule has 0 spiro atoms. The van der Waals surface area contributed by atoms with E-state index in [2.05, 4.69) is 10.3 Å². The number of hydrogen-bond donors (Lipinski definition) is 1. The molecule has 3 aromatic rings. The SMILES string of the molecule is COc1ccc(/C=C/C(=O)Nc2nc(-c3ccc4c(c3)OCCO4)cs2)cc1OC. The standard InChI is InChI=1S/C22H20N2O5S/c1-26-17-6-3-14(11-19(17)27-2)4-8-21(25)24-22-23-16(13-30-22)15-5-7-18-20(12-15)29-10-9-28-18/h3-8,11-13H,9-10H2,1-2H3,(H,23,24,25)/b8-4+. The van der Waals surface area contributed by atoms with Gasteiger partial charge in [0, 0.05) is 17.0 Å². The molecule has 0 radical (unpaired) electrons. The number of nitrogens with one attached hydrogen (secondary N) is 1. The number of hydrogen-bond acceptors (Lipinski definition) is 7. The van der Waals surface area contributed by atoms with Gasteiger partial charge < -0.3 is 18.9 Å². The fourth-order valence-corrected chi connectivity index (χ4v) is 3.66. The van der Waals surface area contributed by atoms with Gasteiger partial charge in [-0.3, -0.25) is 10.1 Å². The second-order valence-electron chi connectivity index (χ2n) is 6.33. The van der Waals surface area contributed by atoms with Gasteiger partial charge in [0.25, 0.3) is 0 Å². The van der Waals surface area contributed by atoms with Crippen LogP contribution in [0.25, 0.3) is 17.3 Å². The molecule has 1 N–H and O–H groups in total. The number of anilines is 1. The van der Waals surface area contributed by atoms with Crippen molar-refractivity contribution in [3.8, 4) is 34.3 Å². The summed E-state index contributed by atoms with van der Waals surface area (Å²) in [6, 6.07) is 11.1. The number of benzene rings is 2. The highest BCUT2D eigenvalue weighted by Gasteiger charge is 2.14. The lowest BCUT2D eigenvalue weighted by Crippen LogP contribution is -2.15. The summed E-state index contributed by atoms with van der Waals surface area (Å²) < 4.78 is 21.6. The molecule has 0 bridgehead atoms. The third-order valence-electron chi connectivity index (χ3n) is 4.41. The molecule has 7 nitrogen and oxygen atoms in total. The van der Waals surface area contributed by atoms with Crippen molar-refractivity contribution in [1.29, 1.82) is 0 Å². The predicted molar refractivity (Wildman–Crippen MR) is 116 cm³/mol. The van der Waals surface area contributed by atoms with Gasteiger partial charge in [-0.2, -0.15) is 0 Å². The summed E-state index contributed by atoms with van der Waals surface area (Å²) in [5.41, 5.74) is 2.48. The average molecular weight is 424 g/mol. The van der Waals surface area contributed by atoms with E-state index in [1.807, 2.05) is 29.6 Å². The van der Waals surface area contributed by atoms with Crippen molar-refractivity contribution in [3.05, 3.63) is 53.4 Å². The van der Waals surface area contributed by atoms with Crippen LogP contribution < -0.4 is 24.3 Å². The maximum absolute atomic E-state index is 12.3. The monoisotopic (exact) mass is 424 g/mol. The van der Waals surface area contributed by atoms with Crippen LogP contribution in [0.3, 0.4) is 0 Å². The molecule has 0 saturated carbocycles. The van der Waals surface area contributed by atoms with Crippen LogP contribution in [0.4, 0.5) is 5.13 Å². The highest BCUT2D eigenvalue weighted by molar-refractivity contribution is 7.14. The number of ether oxygens (including phenoxy) is 4. The molecule has 2 heterocycles. The molecule has 0 atom stereocenters. The number of carbonyl (C=O) groups is 1. The van der Waals surface area contributed by atoms with Crippen LogP contribution in [-0.2, 0) is 4.79 Å². The minimum Gasteiger partial charge on any atom is -0.493 e. The van der Waals surface area contributed by atoms with Gasteiger partial charge in [-0.05, 0) is 42.0 Å². The Labute approximate surface area is 177 Å². The smallest absolute Gasteiger partial charge is 0.250 e. The van der Waals surface area contributed by atoms with Gasteiger partial charge in [0.2, 0.25) is 5.91 Å². The Kier molecular flexibility index (Phi) is 5.85. The summed E-state index contributed by atoms with van der Waals surface area (Å²) in [6.45, 7) is 1.08. The van der Waals surface area contributed by atoms with Gasteiger partial charge in [0.05, 0.1) is 19.9 Å². The Morgan fingerprint density at radius 3 is 2.67 bits per heavy atom. The lowest BCUT2D eigenvalue weighted by Gasteiger charge is -2.18. The average Bonchev–Trinajstić information content (AvgIpc) is 3.25. The summed E-state index contributed by atoms with van der Waals surface area (Å²) in [6.07, 6.45) is 3.15. The minimum atomic E-state index is -0.271. The lowest BCUT2D eigenvalue weighted by molar-refractivity contribution is -0.111. The first-order chi connectivity index (χ1) is 14.7. The zero-order chi connectivity index (χ0) is 20.9. The minimum absolute atomic E-state index is 0.271. The number of amides is 1. The number of carbonyl (C=O) groups excluding carboxylic acids is 1. The number of nitrogens with zero attached hydrogens (tertiary/aromatic N) is 1. The van der Waals surface area contributed by atoms with Gasteiger partial charge in [-0.15, -0.1) is 11.3 Å². The Balaban J connectivity index is 1.42. The van der Waals surface area contributed by atoms with E-state index in [-0.39, 0.29) is 5.91 Å². The molecule has 1 aromatic heterocycles. The Morgan fingerprint density at radius 1 is 1.07 bits per heavy atom. The molecule has 30 heavy (non-hydrogen) atoms. The Bertz CT molecular complexity index is 1090. The molecule has 8 heteroatoms. The van der Waals surface area contributed by atoms with Gasteiger partial charge in [0.15, 0.2) is 28.1 Å². The molecular formula is C22H20N2O5S. The molecule has 154 valence electrons. The third-order valence-corrected chi connectivity index (χ3v) is 5.16. The lowest BCUT2D eigenvalue weighted by atomic mass is 10.1. The van der Waals surface area contributed by atoms with Crippen molar-refractivity contribution in [2.75, 3.05) is 32.8 Å². The van der Waals surface area contributed by atoms with Gasteiger partial charge in [-0.1, -0.05) is 6.07 Å². The third kappa shape index (κ3) is 4.38.